The highest BCUT2D eigenvalue weighted by Gasteiger charge is 2.18. The molecule has 1 atom stereocenters. The lowest BCUT2D eigenvalue weighted by Gasteiger charge is -2.21. The first-order valence-corrected chi connectivity index (χ1v) is 7.20. The summed E-state index contributed by atoms with van der Waals surface area (Å²) in [6.07, 6.45) is 0. The Morgan fingerprint density at radius 2 is 1.83 bits per heavy atom. The third-order valence-electron chi connectivity index (χ3n) is 3.59. The number of halogens is 2. The van der Waals surface area contributed by atoms with Crippen LogP contribution in [0, 0.1) is 11.6 Å². The van der Waals surface area contributed by atoms with Gasteiger partial charge in [-0.1, -0.05) is 6.07 Å². The van der Waals surface area contributed by atoms with Gasteiger partial charge < -0.3 is 14.8 Å². The molecule has 0 saturated carbocycles. The Labute approximate surface area is 132 Å². The van der Waals surface area contributed by atoms with E-state index in [2.05, 4.69) is 5.32 Å². The van der Waals surface area contributed by atoms with Crippen LogP contribution in [-0.2, 0) is 0 Å². The van der Waals surface area contributed by atoms with Crippen LogP contribution < -0.4 is 14.8 Å². The molecular formula is C17H15F2NO3. The molecule has 2 aromatic carbocycles. The third kappa shape index (κ3) is 3.26. The van der Waals surface area contributed by atoms with Gasteiger partial charge >= 0.3 is 0 Å². The Morgan fingerprint density at radius 3 is 2.61 bits per heavy atom. The van der Waals surface area contributed by atoms with Crippen molar-refractivity contribution in [3.8, 4) is 11.5 Å². The van der Waals surface area contributed by atoms with Crippen LogP contribution in [-0.4, -0.2) is 19.1 Å². The lowest BCUT2D eigenvalue weighted by Crippen LogP contribution is -2.27. The van der Waals surface area contributed by atoms with Gasteiger partial charge in [0.15, 0.2) is 11.5 Å². The number of amides is 1. The minimum Gasteiger partial charge on any atom is -0.486 e. The maximum atomic E-state index is 13.6. The largest absolute Gasteiger partial charge is 0.486 e. The number of hydrogen-bond acceptors (Lipinski definition) is 3. The summed E-state index contributed by atoms with van der Waals surface area (Å²) in [5, 5.41) is 2.65. The molecule has 0 aromatic heterocycles. The van der Waals surface area contributed by atoms with Crippen LogP contribution in [0.25, 0.3) is 0 Å². The molecule has 3 rings (SSSR count). The zero-order valence-corrected chi connectivity index (χ0v) is 12.4. The molecule has 1 unspecified atom stereocenters. The van der Waals surface area contributed by atoms with Gasteiger partial charge in [0.1, 0.15) is 24.8 Å². The fourth-order valence-electron chi connectivity index (χ4n) is 2.36. The topological polar surface area (TPSA) is 47.6 Å². The summed E-state index contributed by atoms with van der Waals surface area (Å²) in [5.74, 6) is -0.854. The Kier molecular flexibility index (Phi) is 4.14. The molecule has 0 bridgehead atoms. The van der Waals surface area contributed by atoms with Crippen molar-refractivity contribution in [1.82, 2.24) is 5.32 Å². The van der Waals surface area contributed by atoms with Crippen LogP contribution in [0.3, 0.4) is 0 Å². The van der Waals surface area contributed by atoms with Crippen molar-refractivity contribution < 1.29 is 23.0 Å². The van der Waals surface area contributed by atoms with Gasteiger partial charge in [0.2, 0.25) is 0 Å². The van der Waals surface area contributed by atoms with E-state index in [4.69, 9.17) is 9.47 Å². The lowest BCUT2D eigenvalue weighted by molar-refractivity contribution is 0.0935. The predicted octanol–water partition coefficient (Wildman–Crippen LogP) is 3.23. The molecular weight excluding hydrogens is 304 g/mol. The number of hydrogen-bond donors (Lipinski definition) is 1. The number of rotatable bonds is 3. The second-order valence-corrected chi connectivity index (χ2v) is 5.22. The van der Waals surface area contributed by atoms with E-state index in [-0.39, 0.29) is 5.56 Å². The van der Waals surface area contributed by atoms with E-state index in [0.717, 1.165) is 23.8 Å². The normalized spacial score (nSPS) is 14.2. The first kappa shape index (κ1) is 15.3. The molecule has 1 N–H and O–H groups in total. The molecule has 1 amide bonds. The second-order valence-electron chi connectivity index (χ2n) is 5.22. The van der Waals surface area contributed by atoms with Gasteiger partial charge in [-0.2, -0.15) is 0 Å². The molecule has 0 saturated heterocycles. The summed E-state index contributed by atoms with van der Waals surface area (Å²) in [6, 6.07) is 7.69. The van der Waals surface area contributed by atoms with E-state index in [1.807, 2.05) is 0 Å². The minimum absolute atomic E-state index is 0.325. The van der Waals surface area contributed by atoms with Gasteiger partial charge in [0.05, 0.1) is 11.6 Å². The highest BCUT2D eigenvalue weighted by molar-refractivity contribution is 5.94. The van der Waals surface area contributed by atoms with E-state index in [9.17, 15) is 13.6 Å². The lowest BCUT2D eigenvalue weighted by atomic mass is 10.1. The van der Waals surface area contributed by atoms with Gasteiger partial charge in [0, 0.05) is 0 Å². The Morgan fingerprint density at radius 1 is 1.09 bits per heavy atom. The van der Waals surface area contributed by atoms with E-state index in [0.29, 0.717) is 24.7 Å². The first-order chi connectivity index (χ1) is 11.0. The summed E-state index contributed by atoms with van der Waals surface area (Å²) in [4.78, 5) is 12.1. The molecule has 0 spiro atoms. The van der Waals surface area contributed by atoms with E-state index < -0.39 is 23.6 Å². The number of carbonyl (C=O) groups excluding carboxylic acids is 1. The monoisotopic (exact) mass is 319 g/mol. The first-order valence-electron chi connectivity index (χ1n) is 7.20. The van der Waals surface area contributed by atoms with Gasteiger partial charge in [-0.25, -0.2) is 8.78 Å². The van der Waals surface area contributed by atoms with Crippen LogP contribution in [0.1, 0.15) is 28.9 Å². The van der Waals surface area contributed by atoms with E-state index in [1.54, 1.807) is 25.1 Å². The van der Waals surface area contributed by atoms with Crippen molar-refractivity contribution in [2.24, 2.45) is 0 Å². The molecule has 0 fully saturated rings. The maximum absolute atomic E-state index is 13.6. The summed E-state index contributed by atoms with van der Waals surface area (Å²) >= 11 is 0. The van der Waals surface area contributed by atoms with Gasteiger partial charge in [-0.3, -0.25) is 4.79 Å². The number of carbonyl (C=O) groups is 1. The molecule has 1 heterocycles. The van der Waals surface area contributed by atoms with Crippen LogP contribution in [0.2, 0.25) is 0 Å². The zero-order valence-electron chi connectivity index (χ0n) is 12.4. The second kappa shape index (κ2) is 6.24. The highest BCUT2D eigenvalue weighted by atomic mass is 19.1. The van der Waals surface area contributed by atoms with Crippen molar-refractivity contribution in [2.75, 3.05) is 13.2 Å². The summed E-state index contributed by atoms with van der Waals surface area (Å²) < 4.78 is 37.7. The highest BCUT2D eigenvalue weighted by Crippen LogP contribution is 2.32. The number of benzene rings is 2. The Hall–Kier alpha value is -2.63. The Bertz CT molecular complexity index is 749. The average molecular weight is 319 g/mol. The fourth-order valence-corrected chi connectivity index (χ4v) is 2.36. The number of ether oxygens (including phenoxy) is 2. The van der Waals surface area contributed by atoms with Crippen LogP contribution in [0.15, 0.2) is 36.4 Å². The summed E-state index contributed by atoms with van der Waals surface area (Å²) in [7, 11) is 0. The molecule has 1 aliphatic heterocycles. The molecule has 4 nitrogen and oxygen atoms in total. The van der Waals surface area contributed by atoms with Gasteiger partial charge in [-0.05, 0) is 42.8 Å². The molecule has 1 aliphatic rings. The van der Waals surface area contributed by atoms with Crippen molar-refractivity contribution in [3.05, 3.63) is 59.2 Å². The third-order valence-corrected chi connectivity index (χ3v) is 3.59. The minimum atomic E-state index is -0.765. The molecule has 0 radical (unpaired) electrons. The predicted molar refractivity (Wildman–Crippen MR) is 79.7 cm³/mol. The van der Waals surface area contributed by atoms with Gasteiger partial charge in [0.25, 0.3) is 5.91 Å². The van der Waals surface area contributed by atoms with E-state index >= 15 is 0 Å². The molecule has 0 aliphatic carbocycles. The van der Waals surface area contributed by atoms with Crippen LogP contribution in [0.4, 0.5) is 8.78 Å². The fraction of sp³-hybridized carbons (Fsp3) is 0.235. The Balaban J connectivity index is 1.77. The van der Waals surface area contributed by atoms with Crippen molar-refractivity contribution in [3.63, 3.8) is 0 Å². The van der Waals surface area contributed by atoms with Gasteiger partial charge in [-0.15, -0.1) is 0 Å². The van der Waals surface area contributed by atoms with Crippen LogP contribution >= 0.6 is 0 Å². The maximum Gasteiger partial charge on any atom is 0.254 e. The van der Waals surface area contributed by atoms with Crippen molar-refractivity contribution in [1.29, 1.82) is 0 Å². The SMILES string of the molecule is CC(NC(=O)c1cc(F)ccc1F)c1ccc2c(c1)OCCO2. The van der Waals surface area contributed by atoms with Crippen LogP contribution in [0.5, 0.6) is 11.5 Å². The zero-order chi connectivity index (χ0) is 16.4. The molecule has 120 valence electrons. The van der Waals surface area contributed by atoms with Crippen molar-refractivity contribution >= 4 is 5.91 Å². The average Bonchev–Trinajstić information content (AvgIpc) is 2.56. The molecule has 23 heavy (non-hydrogen) atoms. The number of nitrogens with one attached hydrogen (secondary N) is 1. The molecule has 2 aromatic rings. The smallest absolute Gasteiger partial charge is 0.254 e. The quantitative estimate of drug-likeness (QED) is 0.945. The summed E-state index contributed by atoms with van der Waals surface area (Å²) in [6.45, 7) is 2.71. The van der Waals surface area contributed by atoms with E-state index in [1.165, 1.54) is 0 Å². The number of fused-ring (bicyclic) bond motifs is 1. The standard InChI is InChI=1S/C17H15F2NO3/c1-10(11-2-5-15-16(8-11)23-7-6-22-15)20-17(21)13-9-12(18)3-4-14(13)19/h2-5,8-10H,6-7H2,1H3,(H,20,21). The summed E-state index contributed by atoms with van der Waals surface area (Å²) in [5.41, 5.74) is 0.453. The molecule has 6 heteroatoms. The van der Waals surface area contributed by atoms with Crippen molar-refractivity contribution in [2.45, 2.75) is 13.0 Å².